The Labute approximate surface area is 678 Å². The van der Waals surface area contributed by atoms with Gasteiger partial charge in [-0.3, -0.25) is 71.3 Å². The molecule has 12 amide bonds. The molecule has 5 aliphatic heterocycles. The van der Waals surface area contributed by atoms with Crippen molar-refractivity contribution in [3.63, 3.8) is 0 Å². The third-order valence-electron chi connectivity index (χ3n) is 20.4. The van der Waals surface area contributed by atoms with Crippen molar-refractivity contribution in [2.45, 2.75) is 166 Å². The summed E-state index contributed by atoms with van der Waals surface area (Å²) >= 11 is 0. The number of nitrogens with zero attached hydrogens (tertiary/aromatic N) is 2. The van der Waals surface area contributed by atoms with Gasteiger partial charge in [-0.2, -0.15) is 8.78 Å². The molecule has 2 aromatic carbocycles. The number of nitrogens with one attached hydrogen (secondary N) is 10. The van der Waals surface area contributed by atoms with Crippen LogP contribution in [0.4, 0.5) is 29.3 Å². The van der Waals surface area contributed by atoms with Gasteiger partial charge in [-0.1, -0.05) is 32.9 Å². The van der Waals surface area contributed by atoms with Crippen molar-refractivity contribution < 1.29 is 137 Å². The molecule has 0 radical (unpaired) electrons. The predicted molar refractivity (Wildman–Crippen MR) is 408 cm³/mol. The topological polar surface area (TPSA) is 562 Å². The molecule has 1 aromatic heterocycles. The van der Waals surface area contributed by atoms with E-state index in [1.54, 1.807) is 27.7 Å². The number of fused-ring (bicyclic) bond motifs is 4. The summed E-state index contributed by atoms with van der Waals surface area (Å²) in [5.74, 6) is -12.3. The first-order chi connectivity index (χ1) is 56.3. The summed E-state index contributed by atoms with van der Waals surface area (Å²) in [5, 5.41) is 25.7. The van der Waals surface area contributed by atoms with Crippen LogP contribution in [0.25, 0.3) is 5.57 Å². The number of carbonyl (C=O) groups is 13. The highest BCUT2D eigenvalue weighted by molar-refractivity contribution is 7.51. The molecule has 1 aliphatic carbocycles. The fourth-order valence-corrected chi connectivity index (χ4v) is 15.8. The highest BCUT2D eigenvalue weighted by Crippen LogP contribution is 2.57. The number of hydrogen-bond donors (Lipinski definition) is 14. The third-order valence-corrected chi connectivity index (χ3v) is 22.2. The third kappa shape index (κ3) is 23.8. The SMILES string of the molecule is CC[C@@]1(OP(=O)(O)OCc2ccc(NC(=O)[C@H](CCCNC(N)=O)NC(=O)[C@@H](NC(=O)[C@H](CC(=O)N[C@H]3CCOC3=O)NC(=O)CCOCCOCCOCCOCCNC(=O)[C@H](CNC(=O)CCP(=O)(O)O)N3C(=O)C=CC3=O)C(C)C)cc2)C(=O)OCc2c1cc1n(c2=O)CC2=C3c4c(cc(F)c(C)c4CC[C@@H]3NC(=O)C(F)F)NC21C. The van der Waals surface area contributed by atoms with E-state index >= 15 is 4.39 Å². The molecule has 0 spiro atoms. The van der Waals surface area contributed by atoms with Crippen molar-refractivity contribution in [1.82, 2.24) is 52.0 Å². The largest absolute Gasteiger partial charge is 0.473 e. The number of benzene rings is 2. The van der Waals surface area contributed by atoms with E-state index in [0.29, 0.717) is 32.7 Å². The number of ether oxygens (including phenoxy) is 6. The zero-order valence-electron chi connectivity index (χ0n) is 65.6. The van der Waals surface area contributed by atoms with Gasteiger partial charge in [0, 0.05) is 73.6 Å². The second kappa shape index (κ2) is 41.1. The van der Waals surface area contributed by atoms with Crippen LogP contribution in [0.1, 0.15) is 118 Å². The van der Waals surface area contributed by atoms with Gasteiger partial charge in [0.15, 0.2) is 0 Å². The lowest BCUT2D eigenvalue weighted by atomic mass is 9.71. The first kappa shape index (κ1) is 92.6. The minimum atomic E-state index is -5.37. The van der Waals surface area contributed by atoms with Crippen molar-refractivity contribution in [2.75, 3.05) is 95.9 Å². The number of amides is 12. The maximum Gasteiger partial charge on any atom is 0.473 e. The molecule has 6 heterocycles. The van der Waals surface area contributed by atoms with Crippen molar-refractivity contribution in [1.29, 1.82) is 0 Å². The number of hydrogen-bond acceptors (Lipinski definition) is 25. The van der Waals surface area contributed by atoms with Crippen LogP contribution in [0.5, 0.6) is 0 Å². The highest BCUT2D eigenvalue weighted by Gasteiger charge is 2.56. The minimum absolute atomic E-state index is 0.00128. The molecule has 1 fully saturated rings. The maximum atomic E-state index is 15.7. The number of urea groups is 1. The lowest BCUT2D eigenvalue weighted by molar-refractivity contribution is -0.171. The molecule has 3 aromatic rings. The number of esters is 2. The fourth-order valence-electron chi connectivity index (χ4n) is 14.2. The number of imide groups is 1. The van der Waals surface area contributed by atoms with Gasteiger partial charge in [0.2, 0.25) is 47.0 Å². The van der Waals surface area contributed by atoms with E-state index in [2.05, 4.69) is 53.2 Å². The number of cyclic esters (lactones) is 2. The van der Waals surface area contributed by atoms with Gasteiger partial charge in [-0.05, 0) is 104 Å². The van der Waals surface area contributed by atoms with E-state index in [-0.39, 0.29) is 151 Å². The predicted octanol–water partition coefficient (Wildman–Crippen LogP) is -0.0346. The average molecular weight is 1720 g/mol. The van der Waals surface area contributed by atoms with Gasteiger partial charge in [0.05, 0.1) is 108 Å². The van der Waals surface area contributed by atoms with Crippen molar-refractivity contribution in [3.05, 3.63) is 109 Å². The number of halogens is 3. The first-order valence-corrected chi connectivity index (χ1v) is 41.4. The number of carbonyl (C=O) groups excluding carboxylic acids is 13. The summed E-state index contributed by atoms with van der Waals surface area (Å²) in [4.78, 5) is 215. The quantitative estimate of drug-likeness (QED) is 0.0153. The highest BCUT2D eigenvalue weighted by atomic mass is 31.2. The Morgan fingerprint density at radius 2 is 1.39 bits per heavy atom. The van der Waals surface area contributed by atoms with E-state index in [4.69, 9.17) is 53.0 Å². The van der Waals surface area contributed by atoms with Gasteiger partial charge in [-0.15, -0.1) is 0 Å². The molecule has 0 saturated carbocycles. The van der Waals surface area contributed by atoms with Gasteiger partial charge >= 0.3 is 39.8 Å². The molecule has 650 valence electrons. The van der Waals surface area contributed by atoms with Crippen molar-refractivity contribution in [3.8, 4) is 0 Å². The molecule has 6 aliphatic rings. The number of aromatic nitrogens is 1. The zero-order chi connectivity index (χ0) is 86.8. The van der Waals surface area contributed by atoms with Crippen LogP contribution < -0.4 is 64.5 Å². The summed E-state index contributed by atoms with van der Waals surface area (Å²) in [6, 6.07) is -0.698. The lowest BCUT2D eigenvalue weighted by Crippen LogP contribution is -2.58. The van der Waals surface area contributed by atoms with Crippen LogP contribution in [0.15, 0.2) is 58.9 Å². The van der Waals surface area contributed by atoms with Crippen LogP contribution in [-0.4, -0.2) is 229 Å². The van der Waals surface area contributed by atoms with E-state index in [1.165, 1.54) is 47.9 Å². The number of alkyl halides is 2. The number of anilines is 2. The summed E-state index contributed by atoms with van der Waals surface area (Å²) in [7, 11) is -9.86. The molecule has 40 nitrogen and oxygen atoms in total. The van der Waals surface area contributed by atoms with Crippen molar-refractivity contribution in [2.24, 2.45) is 11.7 Å². The summed E-state index contributed by atoms with van der Waals surface area (Å²) < 4.78 is 114. The molecule has 119 heavy (non-hydrogen) atoms. The molecule has 1 saturated heterocycles. The van der Waals surface area contributed by atoms with Crippen LogP contribution in [0, 0.1) is 18.7 Å². The molecule has 15 N–H and O–H groups in total. The molecule has 45 heteroatoms. The molecular formula is C74H96F3N13O27P2. The molecule has 9 atom stereocenters. The van der Waals surface area contributed by atoms with Gasteiger partial charge < -0.3 is 107 Å². The smallest absolute Gasteiger partial charge is 0.464 e. The summed E-state index contributed by atoms with van der Waals surface area (Å²) in [5.41, 5.74) is 3.43. The molecular weight excluding hydrogens is 1620 g/mol. The average Bonchev–Trinajstić information content (AvgIpc) is 1.55. The number of primary amides is 1. The van der Waals surface area contributed by atoms with E-state index in [0.717, 1.165) is 12.2 Å². The van der Waals surface area contributed by atoms with Gasteiger partial charge in [-0.25, -0.2) is 23.3 Å². The normalized spacial score (nSPS) is 19.8. The zero-order valence-corrected chi connectivity index (χ0v) is 67.3. The summed E-state index contributed by atoms with van der Waals surface area (Å²) in [6.07, 6.45) is -3.85. The Morgan fingerprint density at radius 1 is 0.731 bits per heavy atom. The van der Waals surface area contributed by atoms with Crippen molar-refractivity contribution >= 4 is 109 Å². The van der Waals surface area contributed by atoms with Crippen LogP contribution in [-0.2, 0) is 141 Å². The Kier molecular flexibility index (Phi) is 32.0. The number of phosphoric acid groups is 1. The number of rotatable bonds is 45. The van der Waals surface area contributed by atoms with Crippen LogP contribution in [0.3, 0.4) is 0 Å². The molecule has 2 unspecified atom stereocenters. The first-order valence-electron chi connectivity index (χ1n) is 38.2. The van der Waals surface area contributed by atoms with Crippen LogP contribution >= 0.6 is 15.4 Å². The van der Waals surface area contributed by atoms with Crippen LogP contribution in [0.2, 0.25) is 0 Å². The minimum Gasteiger partial charge on any atom is -0.464 e. The van der Waals surface area contributed by atoms with E-state index in [1.807, 2.05) is 0 Å². The second-order valence-electron chi connectivity index (χ2n) is 29.0. The Hall–Kier alpha value is -10.3. The molecule has 0 bridgehead atoms. The standard InChI is InChI=1S/C74H96F3N13O27P2/c1-6-74(45-32-54-73(5)46(36-89(54)69(101)44(45)38-115-71(74)103)61-48(85-68(100)63(76)77)14-13-43-40(4)47(75)33-51(88-73)60(43)61)117-119(108,109)116-37-41-9-11-42(12-10-41)82-64(96)49(8-7-20-80-72(78)104)86-67(99)62(39(2)3)87-65(97)52(34-57(93)83-50-17-23-114-70(50)102)84-56(92)18-22-110-25-27-112-29-30-113-28-26-111-24-21-79-66(98)53(90-58(94)15-16-59(90)95)35-81-55(91)19-31-118(105,106)107/h9-12,15-16,32-33,39,48-50,52-53,62-63,88H,6-8,13-14,17-31,34-38H2,1-5H3,(H,79,98)(H,81,91)(H,82,96)(H,83,93)(H,84,92)(H,85,100)(H,86,99)(H,87,97)(H,108,109)(H3,78,80,104)(H2,105,106,107)/t48-,49-,50-,52-,53-,62-,73?,74-/m0/s1. The lowest BCUT2D eigenvalue weighted by Gasteiger charge is -2.43. The number of phosphoric ester groups is 1. The Morgan fingerprint density at radius 3 is 2.02 bits per heavy atom. The Bertz CT molecular complexity index is 4600. The van der Waals surface area contributed by atoms with Gasteiger partial charge in [0.25, 0.3) is 23.3 Å². The summed E-state index contributed by atoms with van der Waals surface area (Å²) in [6.45, 7) is 6.01. The van der Waals surface area contributed by atoms with E-state index < -0.39 is 209 Å². The van der Waals surface area contributed by atoms with E-state index in [9.17, 15) is 89.9 Å². The second-order valence-corrected chi connectivity index (χ2v) is 32.1. The number of nitrogens with two attached hydrogens (primary N) is 1. The maximum absolute atomic E-state index is 15.7. The van der Waals surface area contributed by atoms with Gasteiger partial charge in [0.1, 0.15) is 42.6 Å². The molecule has 9 rings (SSSR count). The Balaban J connectivity index is 0.754. The number of pyridine rings is 1. The fraction of sp³-hybridized carbons (Fsp3) is 0.541. The monoisotopic (exact) mass is 1720 g/mol.